The fraction of sp³-hybridized carbons (Fsp3) is 0.500. The van der Waals surface area contributed by atoms with E-state index in [0.717, 1.165) is 0 Å². The molecular weight excluding hydrogens is 326 g/mol. The Hall–Kier alpha value is -0.0406. The standard InChI is InChI=1S/C10H15.Ir.H2N/c1-6-7(2)9(4)10(5)8(6)3;;/h1-5H3;;1H2/q-1;;-1. The molecule has 12 heavy (non-hydrogen) atoms. The van der Waals surface area contributed by atoms with Crippen molar-refractivity contribution in [2.24, 2.45) is 0 Å². The molecule has 0 bridgehead atoms. The summed E-state index contributed by atoms with van der Waals surface area (Å²) < 4.78 is 0. The summed E-state index contributed by atoms with van der Waals surface area (Å²) in [5.74, 6) is 0. The molecule has 0 aromatic heterocycles. The normalized spacial score (nSPS) is 8.75. The van der Waals surface area contributed by atoms with Gasteiger partial charge < -0.3 is 6.15 Å². The molecular formula is C10H17IrN-2. The summed E-state index contributed by atoms with van der Waals surface area (Å²) in [7, 11) is 0. The predicted molar refractivity (Wildman–Crippen MR) is 51.0 cm³/mol. The SMILES string of the molecule is Cc1c(C)c(C)[c-](C)c1C.[Ir].[NH2-]. The third-order valence-corrected chi connectivity index (χ3v) is 2.81. The average Bonchev–Trinajstić information content (AvgIpc) is 2.07. The van der Waals surface area contributed by atoms with Gasteiger partial charge in [0.05, 0.1) is 0 Å². The Balaban J connectivity index is 0. The third-order valence-electron chi connectivity index (χ3n) is 2.81. The van der Waals surface area contributed by atoms with Crippen LogP contribution in [0.2, 0.25) is 0 Å². The Labute approximate surface area is 88.9 Å². The van der Waals surface area contributed by atoms with Crippen molar-refractivity contribution in [2.45, 2.75) is 34.6 Å². The summed E-state index contributed by atoms with van der Waals surface area (Å²) in [5.41, 5.74) is 7.34. The van der Waals surface area contributed by atoms with Gasteiger partial charge in [0.15, 0.2) is 0 Å². The Morgan fingerprint density at radius 2 is 1.08 bits per heavy atom. The number of nitrogens with two attached hydrogens (primary N) is 1. The topological polar surface area (TPSA) is 33.5 Å². The summed E-state index contributed by atoms with van der Waals surface area (Å²) in [6, 6.07) is 0. The van der Waals surface area contributed by atoms with Crippen LogP contribution in [0.5, 0.6) is 0 Å². The Morgan fingerprint density at radius 3 is 1.17 bits per heavy atom. The van der Waals surface area contributed by atoms with Crippen molar-refractivity contribution in [3.8, 4) is 0 Å². The second-order valence-corrected chi connectivity index (χ2v) is 3.12. The number of hydrogen-bond donors (Lipinski definition) is 0. The molecule has 1 nitrogen and oxygen atoms in total. The molecule has 0 spiro atoms. The van der Waals surface area contributed by atoms with Crippen molar-refractivity contribution in [2.75, 3.05) is 0 Å². The van der Waals surface area contributed by atoms with E-state index in [0.29, 0.717) is 0 Å². The molecule has 2 N–H and O–H groups in total. The fourth-order valence-electron chi connectivity index (χ4n) is 1.41. The van der Waals surface area contributed by atoms with Crippen LogP contribution in [0.25, 0.3) is 6.15 Å². The van der Waals surface area contributed by atoms with Crippen molar-refractivity contribution in [1.82, 2.24) is 0 Å². The maximum absolute atomic E-state index is 2.20. The van der Waals surface area contributed by atoms with Gasteiger partial charge >= 0.3 is 0 Å². The van der Waals surface area contributed by atoms with Crippen molar-refractivity contribution in [3.05, 3.63) is 34.0 Å². The average molecular weight is 343 g/mol. The molecule has 0 aliphatic carbocycles. The van der Waals surface area contributed by atoms with Gasteiger partial charge in [0.25, 0.3) is 0 Å². The van der Waals surface area contributed by atoms with Gasteiger partial charge in [-0.15, -0.1) is 0 Å². The quantitative estimate of drug-likeness (QED) is 0.644. The van der Waals surface area contributed by atoms with E-state index in [4.69, 9.17) is 0 Å². The smallest absolute Gasteiger partial charge is 0 e. The molecule has 73 valence electrons. The monoisotopic (exact) mass is 344 g/mol. The zero-order chi connectivity index (χ0) is 7.89. The minimum atomic E-state index is 0. The molecule has 1 rings (SSSR count). The van der Waals surface area contributed by atoms with Gasteiger partial charge in [-0.1, -0.05) is 34.6 Å². The Bertz CT molecular complexity index is 181. The van der Waals surface area contributed by atoms with Gasteiger partial charge in [-0.25, -0.2) is 0 Å². The van der Waals surface area contributed by atoms with Crippen LogP contribution in [0.1, 0.15) is 27.8 Å². The van der Waals surface area contributed by atoms with Crippen LogP contribution < -0.4 is 0 Å². The maximum atomic E-state index is 2.20. The summed E-state index contributed by atoms with van der Waals surface area (Å²) in [6.07, 6.45) is 0. The summed E-state index contributed by atoms with van der Waals surface area (Å²) in [6.45, 7) is 11.0. The van der Waals surface area contributed by atoms with Gasteiger partial charge in [-0.2, -0.15) is 27.8 Å². The minimum Gasteiger partial charge on any atom is -0.693 e. The molecule has 0 saturated carbocycles. The first-order valence-corrected chi connectivity index (χ1v) is 3.75. The maximum Gasteiger partial charge on any atom is 0 e. The van der Waals surface area contributed by atoms with Gasteiger partial charge in [0.2, 0.25) is 0 Å². The van der Waals surface area contributed by atoms with Gasteiger partial charge in [-0.05, 0) is 0 Å². The van der Waals surface area contributed by atoms with E-state index in [2.05, 4.69) is 34.6 Å². The molecule has 0 saturated heterocycles. The Kier molecular flexibility index (Phi) is 5.86. The second kappa shape index (κ2) is 4.86. The van der Waals surface area contributed by atoms with Crippen molar-refractivity contribution >= 4 is 0 Å². The van der Waals surface area contributed by atoms with Crippen LogP contribution in [0, 0.1) is 34.6 Å². The van der Waals surface area contributed by atoms with E-state index in [1.165, 1.54) is 27.8 Å². The molecule has 0 unspecified atom stereocenters. The van der Waals surface area contributed by atoms with Crippen LogP contribution in [-0.4, -0.2) is 0 Å². The van der Waals surface area contributed by atoms with E-state index in [1.807, 2.05) is 0 Å². The first kappa shape index (κ1) is 14.5. The molecule has 1 aromatic rings. The van der Waals surface area contributed by atoms with Crippen LogP contribution in [0.15, 0.2) is 0 Å². The zero-order valence-corrected chi connectivity index (χ0v) is 10.8. The number of rotatable bonds is 0. The van der Waals surface area contributed by atoms with E-state index in [-0.39, 0.29) is 26.3 Å². The molecule has 1 radical (unpaired) electrons. The first-order valence-electron chi connectivity index (χ1n) is 3.75. The second-order valence-electron chi connectivity index (χ2n) is 3.12. The third kappa shape index (κ3) is 2.01. The number of hydrogen-bond acceptors (Lipinski definition) is 0. The van der Waals surface area contributed by atoms with Gasteiger partial charge in [0, 0.05) is 20.1 Å². The molecule has 0 atom stereocenters. The van der Waals surface area contributed by atoms with Gasteiger partial charge in [0.1, 0.15) is 0 Å². The van der Waals surface area contributed by atoms with Crippen LogP contribution in [0.4, 0.5) is 0 Å². The molecule has 0 amide bonds. The summed E-state index contributed by atoms with van der Waals surface area (Å²) >= 11 is 0. The predicted octanol–water partition coefficient (Wildman–Crippen LogP) is 3.66. The molecule has 1 aromatic carbocycles. The van der Waals surface area contributed by atoms with Crippen molar-refractivity contribution < 1.29 is 20.1 Å². The van der Waals surface area contributed by atoms with Crippen LogP contribution in [-0.2, 0) is 20.1 Å². The van der Waals surface area contributed by atoms with Crippen LogP contribution >= 0.6 is 0 Å². The summed E-state index contributed by atoms with van der Waals surface area (Å²) in [4.78, 5) is 0. The summed E-state index contributed by atoms with van der Waals surface area (Å²) in [5, 5.41) is 0. The molecule has 0 heterocycles. The van der Waals surface area contributed by atoms with Crippen LogP contribution in [0.3, 0.4) is 0 Å². The molecule has 0 aliphatic rings. The van der Waals surface area contributed by atoms with E-state index < -0.39 is 0 Å². The first-order chi connectivity index (χ1) is 4.55. The van der Waals surface area contributed by atoms with Gasteiger partial charge in [-0.3, -0.25) is 0 Å². The van der Waals surface area contributed by atoms with Crippen molar-refractivity contribution in [1.29, 1.82) is 0 Å². The molecule has 0 fully saturated rings. The molecule has 2 heteroatoms. The van der Waals surface area contributed by atoms with E-state index in [9.17, 15) is 0 Å². The fourth-order valence-corrected chi connectivity index (χ4v) is 1.41. The Morgan fingerprint density at radius 1 is 0.833 bits per heavy atom. The molecule has 0 aliphatic heterocycles. The minimum absolute atomic E-state index is 0. The van der Waals surface area contributed by atoms with E-state index >= 15 is 0 Å². The van der Waals surface area contributed by atoms with E-state index in [1.54, 1.807) is 0 Å². The zero-order valence-electron chi connectivity index (χ0n) is 8.41. The largest absolute Gasteiger partial charge is 0.693 e. The van der Waals surface area contributed by atoms with Crippen molar-refractivity contribution in [3.63, 3.8) is 0 Å².